The van der Waals surface area contributed by atoms with E-state index in [0.29, 0.717) is 0 Å². The number of hydrogen-bond donors (Lipinski definition) is 2. The number of allylic oxidation sites excluding steroid dienone is 3. The van der Waals surface area contributed by atoms with Crippen molar-refractivity contribution in [2.45, 2.75) is 25.7 Å². The second-order valence-corrected chi connectivity index (χ2v) is 4.85. The molecule has 2 unspecified atom stereocenters. The minimum absolute atomic E-state index is 0.944. The highest BCUT2D eigenvalue weighted by atomic mass is 32.3. The third-order valence-corrected chi connectivity index (χ3v) is 2.83. The summed E-state index contributed by atoms with van der Waals surface area (Å²) in [5.41, 5.74) is 1.67. The smallest absolute Gasteiger partial charge is 0.264 e. The van der Waals surface area contributed by atoms with E-state index in [1.165, 1.54) is 19.3 Å². The summed E-state index contributed by atoms with van der Waals surface area (Å²) < 4.78 is 31.6. The molecule has 2 atom stereocenters. The lowest BCUT2D eigenvalue weighted by molar-refractivity contribution is 0.381. The quantitative estimate of drug-likeness (QED) is 0.565. The fourth-order valence-corrected chi connectivity index (χ4v) is 2.34. The van der Waals surface area contributed by atoms with Gasteiger partial charge in [-0.05, 0) is 37.5 Å². The Labute approximate surface area is 90.3 Å². The van der Waals surface area contributed by atoms with E-state index in [0.717, 1.165) is 18.3 Å². The van der Waals surface area contributed by atoms with Gasteiger partial charge in [0, 0.05) is 0 Å². The summed E-state index contributed by atoms with van der Waals surface area (Å²) in [6, 6.07) is 0. The van der Waals surface area contributed by atoms with Gasteiger partial charge in [0.1, 0.15) is 0 Å². The molecule has 0 radical (unpaired) electrons. The molecule has 2 rings (SSSR count). The third-order valence-electron chi connectivity index (χ3n) is 2.83. The van der Waals surface area contributed by atoms with Crippen molar-refractivity contribution < 1.29 is 17.5 Å². The van der Waals surface area contributed by atoms with E-state index < -0.39 is 10.4 Å². The van der Waals surface area contributed by atoms with Crippen LogP contribution >= 0.6 is 0 Å². The van der Waals surface area contributed by atoms with Crippen LogP contribution in [-0.4, -0.2) is 17.5 Å². The van der Waals surface area contributed by atoms with Crippen molar-refractivity contribution in [1.29, 1.82) is 0 Å². The van der Waals surface area contributed by atoms with Crippen LogP contribution in [0.4, 0.5) is 0 Å². The molecule has 4 nitrogen and oxygen atoms in total. The maximum absolute atomic E-state index is 8.74. The third kappa shape index (κ3) is 4.59. The first-order chi connectivity index (χ1) is 6.90. The predicted octanol–water partition coefficient (Wildman–Crippen LogP) is 2.27. The van der Waals surface area contributed by atoms with Crippen molar-refractivity contribution in [2.75, 3.05) is 0 Å². The summed E-state index contributed by atoms with van der Waals surface area (Å²) in [7, 11) is -4.67. The Bertz CT molecular complexity index is 348. The Balaban J connectivity index is 0.000000195. The fraction of sp³-hybridized carbons (Fsp3) is 0.600. The molecule has 2 aliphatic rings. The molecule has 0 aromatic heterocycles. The minimum atomic E-state index is -4.67. The maximum atomic E-state index is 8.74. The molecular formula is C10H16O4S. The van der Waals surface area contributed by atoms with Crippen molar-refractivity contribution >= 4 is 10.4 Å². The Morgan fingerprint density at radius 2 is 2.07 bits per heavy atom. The molecule has 2 N–H and O–H groups in total. The minimum Gasteiger partial charge on any atom is -0.264 e. The molecule has 0 aliphatic heterocycles. The monoisotopic (exact) mass is 232 g/mol. The van der Waals surface area contributed by atoms with Crippen LogP contribution < -0.4 is 0 Å². The highest BCUT2D eigenvalue weighted by Gasteiger charge is 2.31. The van der Waals surface area contributed by atoms with Crippen LogP contribution in [0.5, 0.6) is 0 Å². The molecule has 2 aliphatic carbocycles. The van der Waals surface area contributed by atoms with Crippen LogP contribution in [0.25, 0.3) is 0 Å². The summed E-state index contributed by atoms with van der Waals surface area (Å²) in [5.74, 6) is 1.89. The van der Waals surface area contributed by atoms with Crippen molar-refractivity contribution in [3.63, 3.8) is 0 Å². The van der Waals surface area contributed by atoms with E-state index in [2.05, 4.69) is 12.7 Å². The molecule has 0 amide bonds. The number of hydrogen-bond acceptors (Lipinski definition) is 2. The first kappa shape index (κ1) is 12.4. The van der Waals surface area contributed by atoms with Crippen LogP contribution in [0.1, 0.15) is 25.7 Å². The molecule has 0 spiro atoms. The highest BCUT2D eigenvalue weighted by Crippen LogP contribution is 2.44. The van der Waals surface area contributed by atoms with Gasteiger partial charge in [0.05, 0.1) is 0 Å². The average molecular weight is 232 g/mol. The summed E-state index contributed by atoms with van der Waals surface area (Å²) >= 11 is 0. The molecule has 2 bridgehead atoms. The van der Waals surface area contributed by atoms with Crippen LogP contribution in [0.3, 0.4) is 0 Å². The second kappa shape index (κ2) is 4.92. The topological polar surface area (TPSA) is 74.6 Å². The van der Waals surface area contributed by atoms with E-state index >= 15 is 0 Å². The lowest BCUT2D eigenvalue weighted by Gasteiger charge is -2.09. The van der Waals surface area contributed by atoms with Crippen LogP contribution in [0.15, 0.2) is 24.3 Å². The van der Waals surface area contributed by atoms with Crippen LogP contribution in [0.2, 0.25) is 0 Å². The van der Waals surface area contributed by atoms with Crippen molar-refractivity contribution in [3.8, 4) is 0 Å². The molecule has 86 valence electrons. The van der Waals surface area contributed by atoms with Gasteiger partial charge in [0.2, 0.25) is 0 Å². The summed E-state index contributed by atoms with van der Waals surface area (Å²) in [6.45, 7) is 3.77. The van der Waals surface area contributed by atoms with Gasteiger partial charge in [-0.1, -0.05) is 17.7 Å². The van der Waals surface area contributed by atoms with Crippen LogP contribution in [-0.2, 0) is 10.4 Å². The molecular weight excluding hydrogens is 216 g/mol. The van der Waals surface area contributed by atoms with Gasteiger partial charge in [-0.25, -0.2) is 0 Å². The molecule has 0 saturated heterocycles. The van der Waals surface area contributed by atoms with Crippen molar-refractivity contribution in [3.05, 3.63) is 24.3 Å². The number of fused-ring (bicyclic) bond motifs is 2. The largest absolute Gasteiger partial charge is 0.394 e. The Morgan fingerprint density at radius 3 is 2.40 bits per heavy atom. The maximum Gasteiger partial charge on any atom is 0.394 e. The van der Waals surface area contributed by atoms with Gasteiger partial charge >= 0.3 is 10.4 Å². The van der Waals surface area contributed by atoms with E-state index in [4.69, 9.17) is 17.5 Å². The molecule has 0 aromatic rings. The molecule has 1 fully saturated rings. The summed E-state index contributed by atoms with van der Waals surface area (Å²) in [5, 5.41) is 0. The van der Waals surface area contributed by atoms with Gasteiger partial charge in [-0.2, -0.15) is 8.42 Å². The molecule has 1 saturated carbocycles. The molecule has 0 heterocycles. The fourth-order valence-electron chi connectivity index (χ4n) is 2.34. The van der Waals surface area contributed by atoms with Crippen LogP contribution in [0, 0.1) is 11.8 Å². The van der Waals surface area contributed by atoms with Crippen molar-refractivity contribution in [1.82, 2.24) is 0 Å². The first-order valence-corrected chi connectivity index (χ1v) is 6.31. The van der Waals surface area contributed by atoms with E-state index in [1.807, 2.05) is 6.08 Å². The van der Waals surface area contributed by atoms with Gasteiger partial charge in [0.25, 0.3) is 0 Å². The van der Waals surface area contributed by atoms with Crippen molar-refractivity contribution in [2.24, 2.45) is 11.8 Å². The number of rotatable bonds is 2. The summed E-state index contributed by atoms with van der Waals surface area (Å²) in [4.78, 5) is 0. The summed E-state index contributed by atoms with van der Waals surface area (Å²) in [6.07, 6.45) is 10.0. The Hall–Kier alpha value is -0.650. The predicted molar refractivity (Wildman–Crippen MR) is 57.9 cm³/mol. The van der Waals surface area contributed by atoms with E-state index in [1.54, 1.807) is 5.57 Å². The zero-order valence-electron chi connectivity index (χ0n) is 8.46. The Morgan fingerprint density at radius 1 is 1.47 bits per heavy atom. The lowest BCUT2D eigenvalue weighted by Crippen LogP contribution is -1.95. The van der Waals surface area contributed by atoms with Gasteiger partial charge in [-0.15, -0.1) is 6.58 Å². The Kier molecular flexibility index (Phi) is 4.07. The van der Waals surface area contributed by atoms with E-state index in [-0.39, 0.29) is 0 Å². The van der Waals surface area contributed by atoms with Gasteiger partial charge in [0.15, 0.2) is 0 Å². The molecule has 5 heteroatoms. The normalized spacial score (nSPS) is 28.0. The lowest BCUT2D eigenvalue weighted by atomic mass is 9.96. The molecule has 0 aromatic carbocycles. The second-order valence-electron chi connectivity index (χ2n) is 3.95. The first-order valence-electron chi connectivity index (χ1n) is 4.91. The zero-order chi connectivity index (χ0) is 11.5. The highest BCUT2D eigenvalue weighted by molar-refractivity contribution is 7.79. The molecule has 15 heavy (non-hydrogen) atoms. The van der Waals surface area contributed by atoms with E-state index in [9.17, 15) is 0 Å². The van der Waals surface area contributed by atoms with Gasteiger partial charge < -0.3 is 0 Å². The standard InChI is InChI=1S/C10H14.H2O4S/c1-2-3-9-6-8-4-5-10(9)7-8;1-5(2,3)4/h2,6,8,10H,1,3-5,7H2;(H2,1,2,3,4). The zero-order valence-corrected chi connectivity index (χ0v) is 9.28. The average Bonchev–Trinajstić information content (AvgIpc) is 2.62. The van der Waals surface area contributed by atoms with Gasteiger partial charge in [-0.3, -0.25) is 9.11 Å². The SMILES string of the molecule is C=CCC1=CC2CCC1C2.O=S(=O)(O)O.